The van der Waals surface area contributed by atoms with Crippen LogP contribution in [0.5, 0.6) is 0 Å². The first-order valence-corrected chi connectivity index (χ1v) is 10.5. The molecule has 0 atom stereocenters. The van der Waals surface area contributed by atoms with Crippen LogP contribution in [0.2, 0.25) is 0 Å². The number of rotatable bonds is 5. The maximum absolute atomic E-state index is 13.0. The van der Waals surface area contributed by atoms with E-state index in [0.29, 0.717) is 5.92 Å². The molecule has 4 nitrogen and oxygen atoms in total. The number of para-hydroxylation sites is 1. The fourth-order valence-corrected chi connectivity index (χ4v) is 4.58. The van der Waals surface area contributed by atoms with Crippen LogP contribution in [0.4, 0.5) is 5.69 Å². The maximum Gasteiger partial charge on any atom is 0.253 e. The van der Waals surface area contributed by atoms with Crippen molar-refractivity contribution in [3.05, 3.63) is 65.2 Å². The van der Waals surface area contributed by atoms with Crippen LogP contribution in [0, 0.1) is 5.92 Å². The number of benzene rings is 2. The molecule has 0 radical (unpaired) electrons. The van der Waals surface area contributed by atoms with Crippen molar-refractivity contribution >= 4 is 11.6 Å². The van der Waals surface area contributed by atoms with E-state index in [1.807, 2.05) is 17.0 Å². The minimum atomic E-state index is 0.186. The molecule has 4 heteroatoms. The van der Waals surface area contributed by atoms with Gasteiger partial charge in [-0.1, -0.05) is 30.3 Å². The molecular formula is C24H31N3O. The molecular weight excluding hydrogens is 346 g/mol. The highest BCUT2D eigenvalue weighted by Gasteiger charge is 2.27. The van der Waals surface area contributed by atoms with Crippen molar-refractivity contribution in [2.45, 2.75) is 25.8 Å². The summed E-state index contributed by atoms with van der Waals surface area (Å²) >= 11 is 0. The molecule has 0 N–H and O–H groups in total. The summed E-state index contributed by atoms with van der Waals surface area (Å²) in [6.45, 7) is 4.86. The average molecular weight is 378 g/mol. The van der Waals surface area contributed by atoms with E-state index >= 15 is 0 Å². The predicted molar refractivity (Wildman–Crippen MR) is 115 cm³/mol. The van der Waals surface area contributed by atoms with Crippen LogP contribution in [-0.2, 0) is 13.0 Å². The van der Waals surface area contributed by atoms with E-state index in [0.717, 1.165) is 57.5 Å². The number of piperidine rings is 1. The van der Waals surface area contributed by atoms with Crippen molar-refractivity contribution in [3.8, 4) is 0 Å². The van der Waals surface area contributed by atoms with Gasteiger partial charge in [0.2, 0.25) is 0 Å². The molecule has 2 aromatic rings. The van der Waals surface area contributed by atoms with Gasteiger partial charge in [-0.05, 0) is 68.6 Å². The zero-order valence-corrected chi connectivity index (χ0v) is 17.1. The molecule has 1 saturated heterocycles. The van der Waals surface area contributed by atoms with Gasteiger partial charge in [-0.2, -0.15) is 0 Å². The molecule has 148 valence electrons. The molecule has 0 aliphatic carbocycles. The number of hydrogen-bond acceptors (Lipinski definition) is 3. The van der Waals surface area contributed by atoms with Gasteiger partial charge in [-0.3, -0.25) is 4.79 Å². The van der Waals surface area contributed by atoms with Crippen molar-refractivity contribution in [2.24, 2.45) is 5.92 Å². The molecule has 2 aromatic carbocycles. The Morgan fingerprint density at radius 1 is 1.04 bits per heavy atom. The second-order valence-corrected chi connectivity index (χ2v) is 8.50. The van der Waals surface area contributed by atoms with E-state index in [2.05, 4.69) is 60.3 Å². The highest BCUT2D eigenvalue weighted by molar-refractivity contribution is 5.94. The van der Waals surface area contributed by atoms with Crippen molar-refractivity contribution in [2.75, 3.05) is 45.2 Å². The largest absolute Gasteiger partial charge is 0.371 e. The topological polar surface area (TPSA) is 26.8 Å². The number of hydrogen-bond donors (Lipinski definition) is 0. The van der Waals surface area contributed by atoms with Crippen molar-refractivity contribution in [1.29, 1.82) is 0 Å². The van der Waals surface area contributed by atoms with Crippen LogP contribution in [-0.4, -0.2) is 56.0 Å². The fraction of sp³-hybridized carbons (Fsp3) is 0.458. The van der Waals surface area contributed by atoms with E-state index in [-0.39, 0.29) is 5.91 Å². The van der Waals surface area contributed by atoms with Crippen molar-refractivity contribution in [3.63, 3.8) is 0 Å². The molecule has 0 spiro atoms. The Labute approximate surface area is 168 Å². The van der Waals surface area contributed by atoms with Gasteiger partial charge in [0.25, 0.3) is 5.91 Å². The highest BCUT2D eigenvalue weighted by atomic mass is 16.2. The maximum atomic E-state index is 13.0. The van der Waals surface area contributed by atoms with Crippen LogP contribution in [0.3, 0.4) is 0 Å². The molecule has 28 heavy (non-hydrogen) atoms. The summed E-state index contributed by atoms with van der Waals surface area (Å²) < 4.78 is 0. The van der Waals surface area contributed by atoms with E-state index in [4.69, 9.17) is 0 Å². The smallest absolute Gasteiger partial charge is 0.253 e. The van der Waals surface area contributed by atoms with Crippen LogP contribution >= 0.6 is 0 Å². The van der Waals surface area contributed by atoms with Gasteiger partial charge in [0.15, 0.2) is 0 Å². The molecule has 4 rings (SSSR count). The summed E-state index contributed by atoms with van der Waals surface area (Å²) in [7, 11) is 4.11. The highest BCUT2D eigenvalue weighted by Crippen LogP contribution is 2.30. The SMILES string of the molecule is CN(C)Cc1cccc(C(=O)N2CCC(CN3CCc4ccccc43)CC2)c1. The van der Waals surface area contributed by atoms with E-state index in [1.165, 1.54) is 16.8 Å². The van der Waals surface area contributed by atoms with Gasteiger partial charge in [-0.15, -0.1) is 0 Å². The van der Waals surface area contributed by atoms with Gasteiger partial charge in [0, 0.05) is 44.0 Å². The molecule has 1 fully saturated rings. The molecule has 0 saturated carbocycles. The van der Waals surface area contributed by atoms with Gasteiger partial charge >= 0.3 is 0 Å². The Morgan fingerprint density at radius 2 is 1.82 bits per heavy atom. The number of amides is 1. The van der Waals surface area contributed by atoms with E-state index < -0.39 is 0 Å². The number of carbonyl (C=O) groups excluding carboxylic acids is 1. The van der Waals surface area contributed by atoms with Crippen molar-refractivity contribution < 1.29 is 4.79 Å². The minimum absolute atomic E-state index is 0.186. The third-order valence-electron chi connectivity index (χ3n) is 6.04. The van der Waals surface area contributed by atoms with E-state index in [1.54, 1.807) is 0 Å². The number of nitrogens with zero attached hydrogens (tertiary/aromatic N) is 3. The van der Waals surface area contributed by atoms with E-state index in [9.17, 15) is 4.79 Å². The Bertz CT molecular complexity index is 824. The normalized spacial score (nSPS) is 17.2. The Morgan fingerprint density at radius 3 is 2.61 bits per heavy atom. The molecule has 2 aliphatic heterocycles. The minimum Gasteiger partial charge on any atom is -0.371 e. The molecule has 2 heterocycles. The molecule has 0 aromatic heterocycles. The lowest BCUT2D eigenvalue weighted by Crippen LogP contribution is -2.41. The Balaban J connectivity index is 1.32. The number of likely N-dealkylation sites (tertiary alicyclic amines) is 1. The summed E-state index contributed by atoms with van der Waals surface area (Å²) in [5.41, 5.74) is 4.91. The van der Waals surface area contributed by atoms with Crippen LogP contribution in [0.25, 0.3) is 0 Å². The first-order chi connectivity index (χ1) is 13.6. The lowest BCUT2D eigenvalue weighted by molar-refractivity contribution is 0.0692. The fourth-order valence-electron chi connectivity index (χ4n) is 4.58. The third kappa shape index (κ3) is 4.22. The van der Waals surface area contributed by atoms with Gasteiger partial charge < -0.3 is 14.7 Å². The van der Waals surface area contributed by atoms with Gasteiger partial charge in [0.05, 0.1) is 0 Å². The summed E-state index contributed by atoms with van der Waals surface area (Å²) in [4.78, 5) is 19.7. The van der Waals surface area contributed by atoms with Crippen molar-refractivity contribution in [1.82, 2.24) is 9.80 Å². The summed E-state index contributed by atoms with van der Waals surface area (Å²) in [5, 5.41) is 0. The quantitative estimate of drug-likeness (QED) is 0.796. The number of anilines is 1. The molecule has 2 aliphatic rings. The lowest BCUT2D eigenvalue weighted by Gasteiger charge is -2.34. The Hall–Kier alpha value is -2.33. The zero-order valence-electron chi connectivity index (χ0n) is 17.1. The van der Waals surface area contributed by atoms with Crippen LogP contribution in [0.1, 0.15) is 34.3 Å². The monoisotopic (exact) mass is 377 g/mol. The number of carbonyl (C=O) groups is 1. The van der Waals surface area contributed by atoms with Gasteiger partial charge in [-0.25, -0.2) is 0 Å². The second kappa shape index (κ2) is 8.36. The Kier molecular flexibility index (Phi) is 5.67. The average Bonchev–Trinajstić information content (AvgIpc) is 3.11. The van der Waals surface area contributed by atoms with Gasteiger partial charge in [0.1, 0.15) is 0 Å². The molecule has 1 amide bonds. The second-order valence-electron chi connectivity index (χ2n) is 8.50. The lowest BCUT2D eigenvalue weighted by atomic mass is 9.95. The molecule has 0 unspecified atom stereocenters. The number of fused-ring (bicyclic) bond motifs is 1. The van der Waals surface area contributed by atoms with Crippen LogP contribution < -0.4 is 4.90 Å². The first kappa shape index (κ1) is 19.0. The molecule has 0 bridgehead atoms. The summed E-state index contributed by atoms with van der Waals surface area (Å²) in [5.74, 6) is 0.862. The summed E-state index contributed by atoms with van der Waals surface area (Å²) in [6, 6.07) is 16.9. The van der Waals surface area contributed by atoms with Crippen LogP contribution in [0.15, 0.2) is 48.5 Å². The standard InChI is InChI=1S/C24H31N3O/c1-25(2)17-20-6-5-8-22(16-20)24(28)26-13-10-19(11-14-26)18-27-15-12-21-7-3-4-9-23(21)27/h3-9,16,19H,10-15,17-18H2,1-2H3. The first-order valence-electron chi connectivity index (χ1n) is 10.5. The summed E-state index contributed by atoms with van der Waals surface area (Å²) in [6.07, 6.45) is 3.36. The zero-order chi connectivity index (χ0) is 19.5. The third-order valence-corrected chi connectivity index (χ3v) is 6.04. The predicted octanol–water partition coefficient (Wildman–Crippen LogP) is 3.66.